The van der Waals surface area contributed by atoms with E-state index in [4.69, 9.17) is 4.74 Å². The molecule has 2 aromatic rings. The molecule has 0 spiro atoms. The summed E-state index contributed by atoms with van der Waals surface area (Å²) in [5.74, 6) is 0.161. The second-order valence-corrected chi connectivity index (χ2v) is 6.31. The zero-order valence-electron chi connectivity index (χ0n) is 12.2. The number of fused-ring (bicyclic) bond motifs is 1. The van der Waals surface area contributed by atoms with Gasteiger partial charge < -0.3 is 15.2 Å². The molecule has 0 saturated carbocycles. The van der Waals surface area contributed by atoms with Gasteiger partial charge in [-0.2, -0.15) is 0 Å². The summed E-state index contributed by atoms with van der Waals surface area (Å²) in [6.07, 6.45) is -0.706. The number of nitrogens with zero attached hydrogens (tertiary/aromatic N) is 1. The summed E-state index contributed by atoms with van der Waals surface area (Å²) in [5.41, 5.74) is 0.813. The average Bonchev–Trinajstić information content (AvgIpc) is 2.88. The molecule has 0 aliphatic carbocycles. The Morgan fingerprint density at radius 1 is 1.38 bits per heavy atom. The predicted molar refractivity (Wildman–Crippen MR) is 83.6 cm³/mol. The van der Waals surface area contributed by atoms with Gasteiger partial charge in [0.15, 0.2) is 5.01 Å². The van der Waals surface area contributed by atoms with Crippen molar-refractivity contribution in [2.75, 3.05) is 19.8 Å². The van der Waals surface area contributed by atoms with Gasteiger partial charge in [0.25, 0.3) is 5.91 Å². The molecule has 114 valence electrons. The Labute approximate surface area is 128 Å². The molecule has 0 radical (unpaired) electrons. The topological polar surface area (TPSA) is 71.5 Å². The Kier molecular flexibility index (Phi) is 5.67. The quantitative estimate of drug-likeness (QED) is 0.821. The van der Waals surface area contributed by atoms with Crippen LogP contribution >= 0.6 is 11.3 Å². The van der Waals surface area contributed by atoms with Crippen molar-refractivity contribution in [3.63, 3.8) is 0 Å². The zero-order chi connectivity index (χ0) is 15.2. The van der Waals surface area contributed by atoms with Gasteiger partial charge in [0.2, 0.25) is 0 Å². The van der Waals surface area contributed by atoms with E-state index in [-0.39, 0.29) is 19.1 Å². The number of amides is 1. The molecule has 5 nitrogen and oxygen atoms in total. The number of aliphatic hydroxyl groups excluding tert-OH is 1. The molecule has 0 bridgehead atoms. The monoisotopic (exact) mass is 308 g/mol. The second-order valence-electron chi connectivity index (χ2n) is 5.28. The van der Waals surface area contributed by atoms with Crippen LogP contribution in [-0.2, 0) is 4.74 Å². The smallest absolute Gasteiger partial charge is 0.280 e. The fourth-order valence-electron chi connectivity index (χ4n) is 1.75. The lowest BCUT2D eigenvalue weighted by atomic mass is 10.2. The van der Waals surface area contributed by atoms with Gasteiger partial charge in [0.1, 0.15) is 0 Å². The standard InChI is InChI=1S/C15H20N2O3S/c1-10(2)8-20-9-11(18)7-16-14(19)15-17-12-5-3-4-6-13(12)21-15/h3-6,10-11,18H,7-9H2,1-2H3,(H,16,19). The Balaban J connectivity index is 1.81. The number of para-hydroxylation sites is 1. The number of thiazole rings is 1. The zero-order valence-corrected chi connectivity index (χ0v) is 13.0. The Morgan fingerprint density at radius 3 is 2.86 bits per heavy atom. The minimum absolute atomic E-state index is 0.160. The average molecular weight is 308 g/mol. The van der Waals surface area contributed by atoms with Crippen LogP contribution in [0.3, 0.4) is 0 Å². The Bertz CT molecular complexity index is 564. The normalized spacial score (nSPS) is 12.8. The molecule has 2 N–H and O–H groups in total. The molecule has 0 fully saturated rings. The largest absolute Gasteiger partial charge is 0.389 e. The van der Waals surface area contributed by atoms with E-state index in [2.05, 4.69) is 10.3 Å². The molecule has 0 aliphatic rings. The summed E-state index contributed by atoms with van der Waals surface area (Å²) < 4.78 is 6.30. The number of aromatic nitrogens is 1. The molecule has 1 aromatic heterocycles. The third-order valence-electron chi connectivity index (χ3n) is 2.75. The first-order valence-corrected chi connectivity index (χ1v) is 7.77. The van der Waals surface area contributed by atoms with Crippen molar-refractivity contribution in [2.45, 2.75) is 20.0 Å². The first-order chi connectivity index (χ1) is 10.1. The van der Waals surface area contributed by atoms with Gasteiger partial charge >= 0.3 is 0 Å². The van der Waals surface area contributed by atoms with Gasteiger partial charge in [-0.25, -0.2) is 4.98 Å². The molecule has 1 aromatic carbocycles. The summed E-state index contributed by atoms with van der Waals surface area (Å²) >= 11 is 1.34. The van der Waals surface area contributed by atoms with E-state index in [9.17, 15) is 9.90 Å². The van der Waals surface area contributed by atoms with E-state index in [1.54, 1.807) is 0 Å². The van der Waals surface area contributed by atoms with Crippen molar-refractivity contribution < 1.29 is 14.6 Å². The van der Waals surface area contributed by atoms with Crippen molar-refractivity contribution in [1.29, 1.82) is 0 Å². The fraction of sp³-hybridized carbons (Fsp3) is 0.467. The van der Waals surface area contributed by atoms with E-state index in [0.717, 1.165) is 10.2 Å². The van der Waals surface area contributed by atoms with Crippen LogP contribution in [-0.4, -0.2) is 41.9 Å². The van der Waals surface area contributed by atoms with Crippen LogP contribution in [0.2, 0.25) is 0 Å². The summed E-state index contributed by atoms with van der Waals surface area (Å²) in [7, 11) is 0. The number of carbonyl (C=O) groups is 1. The van der Waals surface area contributed by atoms with Crippen LogP contribution in [0, 0.1) is 5.92 Å². The highest BCUT2D eigenvalue weighted by Crippen LogP contribution is 2.21. The van der Waals surface area contributed by atoms with Crippen molar-refractivity contribution in [3.05, 3.63) is 29.3 Å². The number of nitrogens with one attached hydrogen (secondary N) is 1. The number of carbonyl (C=O) groups excluding carboxylic acids is 1. The number of ether oxygens (including phenoxy) is 1. The maximum atomic E-state index is 12.0. The molecule has 1 unspecified atom stereocenters. The molecule has 0 aliphatic heterocycles. The molecular formula is C15H20N2O3S. The maximum Gasteiger partial charge on any atom is 0.280 e. The summed E-state index contributed by atoms with van der Waals surface area (Å²) in [5, 5.41) is 12.8. The van der Waals surface area contributed by atoms with Gasteiger partial charge in [0.05, 0.1) is 22.9 Å². The highest BCUT2D eigenvalue weighted by molar-refractivity contribution is 7.20. The Hall–Kier alpha value is -1.50. The van der Waals surface area contributed by atoms with Crippen molar-refractivity contribution in [1.82, 2.24) is 10.3 Å². The summed E-state index contributed by atoms with van der Waals surface area (Å²) in [6.45, 7) is 5.07. The van der Waals surface area contributed by atoms with Crippen molar-refractivity contribution in [2.24, 2.45) is 5.92 Å². The number of hydrogen-bond acceptors (Lipinski definition) is 5. The van der Waals surface area contributed by atoms with E-state index in [0.29, 0.717) is 17.5 Å². The summed E-state index contributed by atoms with van der Waals surface area (Å²) in [6, 6.07) is 7.60. The number of benzene rings is 1. The maximum absolute atomic E-state index is 12.0. The molecule has 1 amide bonds. The van der Waals surface area contributed by atoms with Crippen molar-refractivity contribution >= 4 is 27.5 Å². The molecular weight excluding hydrogens is 288 g/mol. The highest BCUT2D eigenvalue weighted by atomic mass is 32.1. The lowest BCUT2D eigenvalue weighted by Gasteiger charge is -2.12. The third-order valence-corrected chi connectivity index (χ3v) is 3.78. The first-order valence-electron chi connectivity index (χ1n) is 6.96. The third kappa shape index (κ3) is 4.77. The first kappa shape index (κ1) is 15.9. The van der Waals surface area contributed by atoms with Crippen LogP contribution < -0.4 is 5.32 Å². The van der Waals surface area contributed by atoms with E-state index in [1.165, 1.54) is 11.3 Å². The van der Waals surface area contributed by atoms with Crippen LogP contribution in [0.1, 0.15) is 23.6 Å². The molecule has 1 heterocycles. The SMILES string of the molecule is CC(C)COCC(O)CNC(=O)c1nc2ccccc2s1. The van der Waals surface area contributed by atoms with Gasteiger partial charge in [0, 0.05) is 13.2 Å². The van der Waals surface area contributed by atoms with Gasteiger partial charge in [-0.05, 0) is 18.1 Å². The summed E-state index contributed by atoms with van der Waals surface area (Å²) in [4.78, 5) is 16.3. The predicted octanol–water partition coefficient (Wildman–Crippen LogP) is 2.06. The van der Waals surface area contributed by atoms with Crippen LogP contribution in [0.15, 0.2) is 24.3 Å². The number of aliphatic hydroxyl groups is 1. The van der Waals surface area contributed by atoms with E-state index >= 15 is 0 Å². The van der Waals surface area contributed by atoms with Crippen LogP contribution in [0.25, 0.3) is 10.2 Å². The minimum atomic E-state index is -0.706. The molecule has 0 saturated heterocycles. The molecule has 6 heteroatoms. The Morgan fingerprint density at radius 2 is 2.14 bits per heavy atom. The van der Waals surface area contributed by atoms with E-state index in [1.807, 2.05) is 38.1 Å². The number of rotatable bonds is 7. The van der Waals surface area contributed by atoms with Crippen LogP contribution in [0.5, 0.6) is 0 Å². The van der Waals surface area contributed by atoms with E-state index < -0.39 is 6.10 Å². The molecule has 2 rings (SSSR count). The lowest BCUT2D eigenvalue weighted by Crippen LogP contribution is -2.34. The van der Waals surface area contributed by atoms with Crippen LogP contribution in [0.4, 0.5) is 0 Å². The highest BCUT2D eigenvalue weighted by Gasteiger charge is 2.13. The van der Waals surface area contributed by atoms with Gasteiger partial charge in [-0.15, -0.1) is 11.3 Å². The van der Waals surface area contributed by atoms with Gasteiger partial charge in [-0.1, -0.05) is 26.0 Å². The lowest BCUT2D eigenvalue weighted by molar-refractivity contribution is 0.0259. The second kappa shape index (κ2) is 7.49. The number of hydrogen-bond donors (Lipinski definition) is 2. The molecule has 21 heavy (non-hydrogen) atoms. The minimum Gasteiger partial charge on any atom is -0.389 e. The van der Waals surface area contributed by atoms with Gasteiger partial charge in [-0.3, -0.25) is 4.79 Å². The van der Waals surface area contributed by atoms with Crippen molar-refractivity contribution in [3.8, 4) is 0 Å². The fourth-order valence-corrected chi connectivity index (χ4v) is 2.64. The molecule has 1 atom stereocenters.